The van der Waals surface area contributed by atoms with E-state index in [0.29, 0.717) is 42.0 Å². The number of nitrogens with zero attached hydrogens (tertiary/aromatic N) is 5. The van der Waals surface area contributed by atoms with Crippen LogP contribution in [0.3, 0.4) is 0 Å². The molecule has 2 heterocycles. The zero-order valence-electron chi connectivity index (χ0n) is 33.8. The Morgan fingerprint density at radius 2 is 1.42 bits per heavy atom. The van der Waals surface area contributed by atoms with E-state index in [9.17, 15) is 39.4 Å². The first-order chi connectivity index (χ1) is 26.6. The Labute approximate surface area is 338 Å². The number of carbonyl (C=O) groups is 4. The molecule has 0 saturated carbocycles. The molecule has 2 saturated heterocycles. The molecule has 2 aromatic carbocycles. The van der Waals surface area contributed by atoms with Crippen molar-refractivity contribution in [3.05, 3.63) is 91.2 Å². The molecule has 0 unspecified atom stereocenters. The third kappa shape index (κ3) is 10.9. The number of ether oxygens (including phenoxy) is 2. The molecule has 4 rings (SSSR count). The van der Waals surface area contributed by atoms with Crippen LogP contribution in [0.25, 0.3) is 0 Å². The predicted molar refractivity (Wildman–Crippen MR) is 217 cm³/mol. The SMILES string of the molecule is CC(=NC(=O)OCc1ccc([N+](=O)[O-])cc1)N1CC[C@H](SC(=O)C[C@@H]2[C@@H]([C@@](C)(O[SiH](C)C)C(C)(C)C)C(=O)N2C(C(=O)OCc2ccc([N+](=O)[O-])cc2)=C(C)C)C1. The maximum atomic E-state index is 14.3. The number of amides is 2. The second kappa shape index (κ2) is 18.5. The predicted octanol–water partition coefficient (Wildman–Crippen LogP) is 6.95. The minimum absolute atomic E-state index is 0.0401. The Hall–Kier alpha value is -4.94. The van der Waals surface area contributed by atoms with Crippen LogP contribution in [0.1, 0.15) is 72.4 Å². The quantitative estimate of drug-likeness (QED) is 0.0277. The molecule has 0 aromatic heterocycles. The van der Waals surface area contributed by atoms with Crippen LogP contribution < -0.4 is 0 Å². The highest BCUT2D eigenvalue weighted by Crippen LogP contribution is 2.50. The summed E-state index contributed by atoms with van der Waals surface area (Å²) in [5, 5.41) is 21.7. The van der Waals surface area contributed by atoms with Gasteiger partial charge in [-0.25, -0.2) is 9.59 Å². The van der Waals surface area contributed by atoms with Gasteiger partial charge in [0.25, 0.3) is 11.4 Å². The fourth-order valence-electron chi connectivity index (χ4n) is 6.93. The number of carbonyl (C=O) groups excluding carboxylic acids is 4. The number of thioether (sulfide) groups is 1. The molecule has 2 fully saturated rings. The first-order valence-electron chi connectivity index (χ1n) is 18.6. The highest BCUT2D eigenvalue weighted by Gasteiger charge is 2.62. The van der Waals surface area contributed by atoms with Gasteiger partial charge in [-0.1, -0.05) is 32.5 Å². The van der Waals surface area contributed by atoms with Gasteiger partial charge >= 0.3 is 12.1 Å². The first kappa shape index (κ1) is 44.8. The van der Waals surface area contributed by atoms with Gasteiger partial charge in [0, 0.05) is 49.0 Å². The molecule has 0 spiro atoms. The van der Waals surface area contributed by atoms with Gasteiger partial charge in [0.15, 0.2) is 14.2 Å². The van der Waals surface area contributed by atoms with Crippen molar-refractivity contribution in [2.75, 3.05) is 13.1 Å². The number of hydrogen-bond acceptors (Lipinski definition) is 12. The molecule has 308 valence electrons. The summed E-state index contributed by atoms with van der Waals surface area (Å²) in [5.74, 6) is -1.41. The first-order valence-corrected chi connectivity index (χ1v) is 22.3. The lowest BCUT2D eigenvalue weighted by Crippen LogP contribution is -2.72. The molecular formula is C39H51N5O11SSi. The number of allylic oxidation sites excluding steroid dienone is 1. The number of nitro benzene ring substituents is 2. The van der Waals surface area contributed by atoms with Crippen LogP contribution in [0.5, 0.6) is 0 Å². The second-order valence-electron chi connectivity index (χ2n) is 15.8. The Morgan fingerprint density at radius 1 is 0.895 bits per heavy atom. The zero-order chi connectivity index (χ0) is 42.4. The van der Waals surface area contributed by atoms with Gasteiger partial charge in [-0.3, -0.25) is 29.8 Å². The van der Waals surface area contributed by atoms with E-state index in [1.807, 2.05) is 45.7 Å². The number of rotatable bonds is 14. The van der Waals surface area contributed by atoms with Gasteiger partial charge in [0.1, 0.15) is 24.7 Å². The minimum atomic E-state index is -1.72. The van der Waals surface area contributed by atoms with Crippen molar-refractivity contribution >= 4 is 61.1 Å². The van der Waals surface area contributed by atoms with E-state index in [1.54, 1.807) is 20.8 Å². The molecule has 2 aromatic rings. The summed E-state index contributed by atoms with van der Waals surface area (Å²) >= 11 is 1.16. The van der Waals surface area contributed by atoms with Crippen molar-refractivity contribution in [1.82, 2.24) is 9.80 Å². The number of likely N-dealkylation sites (tertiary alicyclic amines) is 2. The van der Waals surface area contributed by atoms with Crippen molar-refractivity contribution in [1.29, 1.82) is 0 Å². The van der Waals surface area contributed by atoms with E-state index in [-0.39, 0.29) is 53.0 Å². The molecule has 0 aliphatic carbocycles. The van der Waals surface area contributed by atoms with Crippen LogP contribution in [0.4, 0.5) is 16.2 Å². The monoisotopic (exact) mass is 825 g/mol. The van der Waals surface area contributed by atoms with Crippen LogP contribution in [0, 0.1) is 31.6 Å². The molecule has 18 heteroatoms. The molecule has 2 aliphatic rings. The Morgan fingerprint density at radius 3 is 1.89 bits per heavy atom. The summed E-state index contributed by atoms with van der Waals surface area (Å²) in [6, 6.07) is 10.6. The van der Waals surface area contributed by atoms with Crippen molar-refractivity contribution in [2.24, 2.45) is 16.3 Å². The number of nitro groups is 2. The van der Waals surface area contributed by atoms with Gasteiger partial charge in [-0.15, -0.1) is 0 Å². The molecule has 0 N–H and O–H groups in total. The second-order valence-corrected chi connectivity index (χ2v) is 19.5. The summed E-state index contributed by atoms with van der Waals surface area (Å²) in [6.07, 6.45) is -0.233. The van der Waals surface area contributed by atoms with E-state index < -0.39 is 53.9 Å². The summed E-state index contributed by atoms with van der Waals surface area (Å²) in [6.45, 7) is 17.7. The average Bonchev–Trinajstić information content (AvgIpc) is 3.59. The van der Waals surface area contributed by atoms with Gasteiger partial charge in [0.05, 0.1) is 27.4 Å². The average molecular weight is 826 g/mol. The molecular weight excluding hydrogens is 775 g/mol. The van der Waals surface area contributed by atoms with Crippen molar-refractivity contribution in [2.45, 2.75) is 105 Å². The number of hydrogen-bond donors (Lipinski definition) is 0. The maximum Gasteiger partial charge on any atom is 0.435 e. The number of amidine groups is 1. The third-order valence-corrected chi connectivity index (χ3v) is 12.4. The number of benzene rings is 2. The molecule has 57 heavy (non-hydrogen) atoms. The van der Waals surface area contributed by atoms with E-state index in [1.165, 1.54) is 53.4 Å². The molecule has 0 radical (unpaired) electrons. The number of esters is 1. The molecule has 2 amide bonds. The van der Waals surface area contributed by atoms with E-state index in [4.69, 9.17) is 13.9 Å². The third-order valence-electron chi connectivity index (χ3n) is 10.2. The number of non-ortho nitro benzene ring substituents is 2. The lowest BCUT2D eigenvalue weighted by molar-refractivity contribution is -0.385. The van der Waals surface area contributed by atoms with Gasteiger partial charge < -0.3 is 23.7 Å². The summed E-state index contributed by atoms with van der Waals surface area (Å²) in [7, 11) is -1.72. The largest absolute Gasteiger partial charge is 0.456 e. The smallest absolute Gasteiger partial charge is 0.435 e. The summed E-state index contributed by atoms with van der Waals surface area (Å²) in [5.41, 5.74) is 0.0108. The molecule has 2 aliphatic heterocycles. The van der Waals surface area contributed by atoms with Gasteiger partial charge in [-0.2, -0.15) is 4.99 Å². The fraction of sp³-hybridized carbons (Fsp3) is 0.513. The Balaban J connectivity index is 1.47. The number of aliphatic imine (C=N–C) groups is 1. The Bertz CT molecular complexity index is 1930. The molecule has 4 atom stereocenters. The number of β-lactam (4-membered cyclic amide) rings is 1. The topological polar surface area (TPSA) is 201 Å². The molecule has 16 nitrogen and oxygen atoms in total. The van der Waals surface area contributed by atoms with Crippen LogP contribution >= 0.6 is 11.8 Å². The van der Waals surface area contributed by atoms with Crippen molar-refractivity contribution in [3.8, 4) is 0 Å². The van der Waals surface area contributed by atoms with Crippen LogP contribution in [-0.2, 0) is 41.5 Å². The summed E-state index contributed by atoms with van der Waals surface area (Å²) in [4.78, 5) is 82.7. The van der Waals surface area contributed by atoms with Crippen LogP contribution in [-0.4, -0.2) is 87.6 Å². The van der Waals surface area contributed by atoms with E-state index in [2.05, 4.69) is 4.99 Å². The van der Waals surface area contributed by atoms with Gasteiger partial charge in [0.2, 0.25) is 5.91 Å². The zero-order valence-corrected chi connectivity index (χ0v) is 35.8. The lowest BCUT2D eigenvalue weighted by atomic mass is 9.63. The lowest BCUT2D eigenvalue weighted by Gasteiger charge is -2.58. The molecule has 0 bridgehead atoms. The normalized spacial score (nSPS) is 19.4. The van der Waals surface area contributed by atoms with Crippen molar-refractivity contribution in [3.63, 3.8) is 0 Å². The standard InChI is InChI=1S/C39H51N5O11SSi/c1-24(2)34(36(47)53-22-26-10-14-28(15-11-26)43(49)50)42-31(33(35(42)46)39(7,38(4,5)6)55-57(8)9)20-32(45)56-30-18-19-41(21-30)25(3)40-37(48)54-23-27-12-16-29(17-13-27)44(51)52/h10-17,30-31,33,57H,18-23H2,1-9H3/t30-,31+,33+,39+/m0/s1. The van der Waals surface area contributed by atoms with Crippen molar-refractivity contribution < 1.29 is 42.9 Å². The van der Waals surface area contributed by atoms with Gasteiger partial charge in [-0.05, 0) is 93.6 Å². The van der Waals surface area contributed by atoms with E-state index in [0.717, 1.165) is 11.8 Å². The summed E-state index contributed by atoms with van der Waals surface area (Å²) < 4.78 is 17.5. The highest BCUT2D eigenvalue weighted by molar-refractivity contribution is 8.14. The fourth-order valence-corrected chi connectivity index (χ4v) is 9.53. The minimum Gasteiger partial charge on any atom is -0.456 e. The maximum absolute atomic E-state index is 14.3. The van der Waals surface area contributed by atoms with Crippen LogP contribution in [0.2, 0.25) is 13.1 Å². The van der Waals surface area contributed by atoms with Crippen LogP contribution in [0.15, 0.2) is 64.8 Å². The highest BCUT2D eigenvalue weighted by atomic mass is 32.2. The Kier molecular flexibility index (Phi) is 14.6. The van der Waals surface area contributed by atoms with E-state index >= 15 is 0 Å².